The Morgan fingerprint density at radius 2 is 1.92 bits per heavy atom. The second-order valence-corrected chi connectivity index (χ2v) is 4.06. The van der Waals surface area contributed by atoms with Crippen LogP contribution < -0.4 is 0 Å². The second-order valence-electron chi connectivity index (χ2n) is 3.14. The molecule has 0 aliphatic heterocycles. The van der Waals surface area contributed by atoms with Crippen molar-refractivity contribution in [3.05, 3.63) is 40.7 Å². The first-order chi connectivity index (χ1) is 5.72. The number of benzene rings is 1. The fourth-order valence-electron chi connectivity index (χ4n) is 1.11. The Kier molecular flexibility index (Phi) is 3.80. The molecular weight excluding hydrogens is 212 g/mol. The molecule has 12 heavy (non-hydrogen) atoms. The first kappa shape index (κ1) is 9.79. The van der Waals surface area contributed by atoms with E-state index >= 15 is 0 Å². The summed E-state index contributed by atoms with van der Waals surface area (Å²) in [5.41, 5.74) is 1.41. The Labute approximate surface area is 83.1 Å². The standard InChI is InChI=1S/C11H14Br/c1-3-9(2)8-10-4-6-11(12)7-5-10/h3-7,9H,8H2,1-2H3. The van der Waals surface area contributed by atoms with Crippen LogP contribution in [0.2, 0.25) is 0 Å². The summed E-state index contributed by atoms with van der Waals surface area (Å²) in [5, 5.41) is 0. The van der Waals surface area contributed by atoms with Crippen molar-refractivity contribution in [2.24, 2.45) is 5.92 Å². The molecule has 0 amide bonds. The van der Waals surface area contributed by atoms with Crippen LogP contribution in [0.15, 0.2) is 28.7 Å². The lowest BCUT2D eigenvalue weighted by atomic mass is 9.99. The SMILES string of the molecule is C[CH]C(C)Cc1ccc(Br)cc1. The molecule has 0 heterocycles. The van der Waals surface area contributed by atoms with Gasteiger partial charge in [-0.2, -0.15) is 0 Å². The van der Waals surface area contributed by atoms with Gasteiger partial charge in [-0.25, -0.2) is 0 Å². The minimum atomic E-state index is 0.672. The summed E-state index contributed by atoms with van der Waals surface area (Å²) in [6.07, 6.45) is 3.38. The largest absolute Gasteiger partial charge is 0.0620 e. The molecule has 0 spiro atoms. The smallest absolute Gasteiger partial charge is 0.0175 e. The lowest BCUT2D eigenvalue weighted by molar-refractivity contribution is 0.670. The third kappa shape index (κ3) is 2.98. The fourth-order valence-corrected chi connectivity index (χ4v) is 1.37. The maximum absolute atomic E-state index is 3.42. The summed E-state index contributed by atoms with van der Waals surface area (Å²) in [6, 6.07) is 8.53. The predicted molar refractivity (Wildman–Crippen MR) is 57.0 cm³/mol. The van der Waals surface area contributed by atoms with Gasteiger partial charge in [0.2, 0.25) is 0 Å². The van der Waals surface area contributed by atoms with Gasteiger partial charge in [0.15, 0.2) is 0 Å². The monoisotopic (exact) mass is 225 g/mol. The Bertz CT molecular complexity index is 225. The van der Waals surface area contributed by atoms with Gasteiger partial charge in [-0.05, 0) is 36.5 Å². The van der Waals surface area contributed by atoms with Crippen LogP contribution in [0.1, 0.15) is 19.4 Å². The van der Waals surface area contributed by atoms with Crippen molar-refractivity contribution in [3.8, 4) is 0 Å². The van der Waals surface area contributed by atoms with Gasteiger partial charge in [0.05, 0.1) is 0 Å². The van der Waals surface area contributed by atoms with E-state index in [2.05, 4.69) is 60.5 Å². The van der Waals surface area contributed by atoms with Gasteiger partial charge in [-0.1, -0.05) is 41.9 Å². The number of halogens is 1. The van der Waals surface area contributed by atoms with Gasteiger partial charge in [-0.15, -0.1) is 0 Å². The highest BCUT2D eigenvalue weighted by Crippen LogP contribution is 2.14. The van der Waals surface area contributed by atoms with Crippen LogP contribution in [0.4, 0.5) is 0 Å². The van der Waals surface area contributed by atoms with Crippen molar-refractivity contribution in [3.63, 3.8) is 0 Å². The van der Waals surface area contributed by atoms with Crippen molar-refractivity contribution in [2.75, 3.05) is 0 Å². The quantitative estimate of drug-likeness (QED) is 0.734. The molecule has 0 saturated heterocycles. The van der Waals surface area contributed by atoms with E-state index in [1.165, 1.54) is 5.56 Å². The average molecular weight is 226 g/mol. The molecule has 0 aliphatic carbocycles. The molecule has 1 radical (unpaired) electrons. The third-order valence-corrected chi connectivity index (χ3v) is 2.57. The normalized spacial score (nSPS) is 12.9. The molecule has 1 aromatic rings. The van der Waals surface area contributed by atoms with Crippen molar-refractivity contribution in [2.45, 2.75) is 20.3 Å². The molecule has 0 bridgehead atoms. The van der Waals surface area contributed by atoms with Crippen LogP contribution >= 0.6 is 15.9 Å². The summed E-state index contributed by atoms with van der Waals surface area (Å²) in [4.78, 5) is 0. The highest BCUT2D eigenvalue weighted by Gasteiger charge is 2.00. The van der Waals surface area contributed by atoms with E-state index in [9.17, 15) is 0 Å². The van der Waals surface area contributed by atoms with E-state index in [4.69, 9.17) is 0 Å². The van der Waals surface area contributed by atoms with Crippen molar-refractivity contribution in [1.29, 1.82) is 0 Å². The fraction of sp³-hybridized carbons (Fsp3) is 0.364. The van der Waals surface area contributed by atoms with Gasteiger partial charge in [-0.3, -0.25) is 0 Å². The Hall–Kier alpha value is -0.300. The summed E-state index contributed by atoms with van der Waals surface area (Å²) in [6.45, 7) is 4.35. The molecule has 1 rings (SSSR count). The first-order valence-electron chi connectivity index (χ1n) is 4.26. The summed E-state index contributed by atoms with van der Waals surface area (Å²) in [7, 11) is 0. The van der Waals surface area contributed by atoms with Crippen molar-refractivity contribution >= 4 is 15.9 Å². The van der Waals surface area contributed by atoms with Gasteiger partial charge in [0.25, 0.3) is 0 Å². The molecule has 0 saturated carbocycles. The van der Waals surface area contributed by atoms with Gasteiger partial charge in [0.1, 0.15) is 0 Å². The summed E-state index contributed by atoms with van der Waals surface area (Å²) >= 11 is 3.42. The molecule has 1 unspecified atom stereocenters. The van der Waals surface area contributed by atoms with Crippen LogP contribution in [-0.2, 0) is 6.42 Å². The van der Waals surface area contributed by atoms with Crippen molar-refractivity contribution in [1.82, 2.24) is 0 Å². The Balaban J connectivity index is 2.58. The molecule has 65 valence electrons. The molecule has 0 aliphatic rings. The number of hydrogen-bond acceptors (Lipinski definition) is 0. The van der Waals surface area contributed by atoms with Crippen molar-refractivity contribution < 1.29 is 0 Å². The zero-order chi connectivity index (χ0) is 8.97. The minimum absolute atomic E-state index is 0.672. The van der Waals surface area contributed by atoms with E-state index in [1.807, 2.05) is 0 Å². The first-order valence-corrected chi connectivity index (χ1v) is 5.05. The molecule has 0 aromatic heterocycles. The van der Waals surface area contributed by atoms with E-state index in [1.54, 1.807) is 0 Å². The van der Waals surface area contributed by atoms with Gasteiger partial charge >= 0.3 is 0 Å². The molecule has 0 fully saturated rings. The lowest BCUT2D eigenvalue weighted by Gasteiger charge is -2.07. The topological polar surface area (TPSA) is 0 Å². The summed E-state index contributed by atoms with van der Waals surface area (Å²) in [5.74, 6) is 0.672. The zero-order valence-corrected chi connectivity index (χ0v) is 9.14. The number of rotatable bonds is 3. The Morgan fingerprint density at radius 1 is 1.33 bits per heavy atom. The number of hydrogen-bond donors (Lipinski definition) is 0. The van der Waals surface area contributed by atoms with E-state index in [0.717, 1.165) is 10.9 Å². The highest BCUT2D eigenvalue weighted by molar-refractivity contribution is 9.10. The van der Waals surface area contributed by atoms with Crippen LogP contribution in [0, 0.1) is 12.3 Å². The zero-order valence-electron chi connectivity index (χ0n) is 7.55. The molecule has 0 nitrogen and oxygen atoms in total. The molecule has 1 aromatic carbocycles. The minimum Gasteiger partial charge on any atom is -0.0620 e. The highest BCUT2D eigenvalue weighted by atomic mass is 79.9. The van der Waals surface area contributed by atoms with E-state index < -0.39 is 0 Å². The maximum Gasteiger partial charge on any atom is 0.0175 e. The van der Waals surface area contributed by atoms with Crippen LogP contribution in [0.25, 0.3) is 0 Å². The molecule has 1 heteroatoms. The molecular formula is C11H14Br. The van der Waals surface area contributed by atoms with E-state index in [-0.39, 0.29) is 0 Å². The van der Waals surface area contributed by atoms with Gasteiger partial charge < -0.3 is 0 Å². The van der Waals surface area contributed by atoms with E-state index in [0.29, 0.717) is 5.92 Å². The molecule has 1 atom stereocenters. The van der Waals surface area contributed by atoms with Crippen LogP contribution in [0.3, 0.4) is 0 Å². The second kappa shape index (κ2) is 4.66. The summed E-state index contributed by atoms with van der Waals surface area (Å²) < 4.78 is 1.15. The molecule has 0 N–H and O–H groups in total. The lowest BCUT2D eigenvalue weighted by Crippen LogP contribution is -1.97. The van der Waals surface area contributed by atoms with Gasteiger partial charge in [0, 0.05) is 4.47 Å². The Morgan fingerprint density at radius 3 is 2.42 bits per heavy atom. The predicted octanol–water partition coefficient (Wildman–Crippen LogP) is 3.85. The third-order valence-electron chi connectivity index (χ3n) is 2.04. The maximum atomic E-state index is 3.42. The van der Waals surface area contributed by atoms with Crippen LogP contribution in [0.5, 0.6) is 0 Å². The van der Waals surface area contributed by atoms with Crippen LogP contribution in [-0.4, -0.2) is 0 Å². The average Bonchev–Trinajstić information content (AvgIpc) is 2.09.